The van der Waals surface area contributed by atoms with Crippen molar-refractivity contribution in [2.75, 3.05) is 0 Å². The van der Waals surface area contributed by atoms with E-state index in [1.54, 1.807) is 0 Å². The summed E-state index contributed by atoms with van der Waals surface area (Å²) in [5.74, 6) is -3.94. The molecule has 1 atom stereocenters. The Morgan fingerprint density at radius 1 is 0.794 bits per heavy atom. The Morgan fingerprint density at radius 3 is 1.76 bits per heavy atom. The molecule has 1 aliphatic rings. The third-order valence-electron chi connectivity index (χ3n) is 7.29. The molecule has 1 fully saturated rings. The molecule has 7 heteroatoms. The van der Waals surface area contributed by atoms with Gasteiger partial charge in [-0.05, 0) is 66.0 Å². The van der Waals surface area contributed by atoms with E-state index in [1.807, 2.05) is 0 Å². The second kappa shape index (κ2) is 11.1. The molecule has 34 heavy (non-hydrogen) atoms. The lowest BCUT2D eigenvalue weighted by molar-refractivity contribution is -0.142. The van der Waals surface area contributed by atoms with Gasteiger partial charge in [-0.1, -0.05) is 58.8 Å². The van der Waals surface area contributed by atoms with E-state index in [0.717, 1.165) is 43.2 Å². The van der Waals surface area contributed by atoms with E-state index < -0.39 is 46.1 Å². The van der Waals surface area contributed by atoms with Crippen LogP contribution < -0.4 is 0 Å². The molecule has 0 bridgehead atoms. The zero-order valence-electron chi connectivity index (χ0n) is 19.6. The Kier molecular flexibility index (Phi) is 8.69. The molecule has 3 rings (SSSR count). The summed E-state index contributed by atoms with van der Waals surface area (Å²) in [6.07, 6.45) is 4.25. The molecule has 0 nitrogen and oxygen atoms in total. The van der Waals surface area contributed by atoms with Crippen LogP contribution in [-0.4, -0.2) is 0 Å². The molecule has 1 aliphatic carbocycles. The molecule has 0 N–H and O–H groups in total. The van der Waals surface area contributed by atoms with Gasteiger partial charge in [-0.2, -0.15) is 13.2 Å². The Labute approximate surface area is 196 Å². The maximum atomic E-state index is 14.7. The van der Waals surface area contributed by atoms with E-state index in [4.69, 9.17) is 0 Å². The van der Waals surface area contributed by atoms with Crippen LogP contribution in [0.5, 0.6) is 0 Å². The molecule has 2 aromatic rings. The summed E-state index contributed by atoms with van der Waals surface area (Å²) < 4.78 is 95.5. The van der Waals surface area contributed by atoms with Crippen molar-refractivity contribution in [3.05, 3.63) is 58.7 Å². The fourth-order valence-electron chi connectivity index (χ4n) is 4.94. The molecule has 0 radical (unpaired) electrons. The summed E-state index contributed by atoms with van der Waals surface area (Å²) in [4.78, 5) is 0. The van der Waals surface area contributed by atoms with E-state index in [-0.39, 0.29) is 0 Å². The molecule has 1 unspecified atom stereocenters. The fraction of sp³-hybridized carbons (Fsp3) is 0.556. The molecule has 0 amide bonds. The molecule has 1 saturated carbocycles. The predicted molar refractivity (Wildman–Crippen MR) is 119 cm³/mol. The van der Waals surface area contributed by atoms with E-state index in [0.29, 0.717) is 30.0 Å². The maximum Gasteiger partial charge on any atom is 0.422 e. The van der Waals surface area contributed by atoms with Crippen LogP contribution in [0.4, 0.5) is 30.7 Å². The Hall–Kier alpha value is -2.05. The lowest BCUT2D eigenvalue weighted by atomic mass is 9.77. The first-order chi connectivity index (χ1) is 16.0. The first-order valence-corrected chi connectivity index (χ1v) is 12.0. The van der Waals surface area contributed by atoms with Crippen LogP contribution in [0, 0.1) is 41.0 Å². The summed E-state index contributed by atoms with van der Waals surface area (Å²) in [6, 6.07) is 2.83. The van der Waals surface area contributed by atoms with Crippen molar-refractivity contribution < 1.29 is 30.7 Å². The number of hydrogen-bond donors (Lipinski definition) is 0. The van der Waals surface area contributed by atoms with Crippen LogP contribution in [0.25, 0.3) is 11.1 Å². The highest BCUT2D eigenvalue weighted by atomic mass is 19.4. The van der Waals surface area contributed by atoms with Gasteiger partial charge in [-0.25, -0.2) is 17.6 Å². The zero-order valence-corrected chi connectivity index (χ0v) is 19.6. The summed E-state index contributed by atoms with van der Waals surface area (Å²) in [6.45, 7) is 4.49. The molecule has 2 aromatic carbocycles. The summed E-state index contributed by atoms with van der Waals surface area (Å²) in [5, 5.41) is 0. The topological polar surface area (TPSA) is 0 Å². The highest BCUT2D eigenvalue weighted by molar-refractivity contribution is 5.66. The van der Waals surface area contributed by atoms with E-state index in [2.05, 4.69) is 13.8 Å². The minimum absolute atomic E-state index is 0.312. The molecular formula is C27H31F7. The lowest BCUT2D eigenvalue weighted by Gasteiger charge is -2.29. The van der Waals surface area contributed by atoms with Gasteiger partial charge in [0, 0.05) is 0 Å². The number of benzene rings is 2. The molecule has 0 saturated heterocycles. The third-order valence-corrected chi connectivity index (χ3v) is 7.29. The highest BCUT2D eigenvalue weighted by Crippen LogP contribution is 2.38. The first kappa shape index (κ1) is 26.6. The van der Waals surface area contributed by atoms with Crippen molar-refractivity contribution in [3.8, 4) is 11.1 Å². The van der Waals surface area contributed by atoms with Crippen molar-refractivity contribution in [3.63, 3.8) is 0 Å². The van der Waals surface area contributed by atoms with Crippen molar-refractivity contribution in [1.82, 2.24) is 0 Å². The summed E-state index contributed by atoms with van der Waals surface area (Å²) in [5.41, 5.74) is -3.01. The van der Waals surface area contributed by atoms with Gasteiger partial charge in [0.1, 0.15) is 28.8 Å². The summed E-state index contributed by atoms with van der Waals surface area (Å²) in [7, 11) is 0. The van der Waals surface area contributed by atoms with Gasteiger partial charge >= 0.3 is 6.18 Å². The van der Waals surface area contributed by atoms with Crippen LogP contribution in [0.1, 0.15) is 76.3 Å². The van der Waals surface area contributed by atoms with Crippen LogP contribution in [0.3, 0.4) is 0 Å². The zero-order chi connectivity index (χ0) is 25.0. The Morgan fingerprint density at radius 2 is 1.29 bits per heavy atom. The SMILES string of the molecule is CCC(C)CCC1CCC(CCc2cc(F)c(-c3cc(F)c(C(F)(F)F)c(F)c3)c(F)c2)CC1. The number of rotatable bonds is 8. The smallest absolute Gasteiger partial charge is 0.206 e. The van der Waals surface area contributed by atoms with Crippen molar-refractivity contribution in [2.45, 2.75) is 77.8 Å². The Balaban J connectivity index is 1.64. The average molecular weight is 489 g/mol. The van der Waals surface area contributed by atoms with Gasteiger partial charge in [0.2, 0.25) is 0 Å². The van der Waals surface area contributed by atoms with Crippen LogP contribution in [0.15, 0.2) is 24.3 Å². The quantitative estimate of drug-likeness (QED) is 0.325. The van der Waals surface area contributed by atoms with Gasteiger partial charge in [-0.3, -0.25) is 0 Å². The van der Waals surface area contributed by atoms with Crippen LogP contribution >= 0.6 is 0 Å². The molecule has 0 spiro atoms. The molecule has 0 aromatic heterocycles. The second-order valence-corrected chi connectivity index (χ2v) is 9.76. The van der Waals surface area contributed by atoms with Crippen LogP contribution in [0.2, 0.25) is 0 Å². The van der Waals surface area contributed by atoms with Gasteiger partial charge in [0.15, 0.2) is 0 Å². The number of aryl methyl sites for hydroxylation is 1. The number of halogens is 7. The van der Waals surface area contributed by atoms with Crippen molar-refractivity contribution in [2.24, 2.45) is 17.8 Å². The number of alkyl halides is 3. The largest absolute Gasteiger partial charge is 0.422 e. The minimum Gasteiger partial charge on any atom is -0.206 e. The normalized spacial score (nSPS) is 19.9. The third kappa shape index (κ3) is 6.54. The number of hydrogen-bond acceptors (Lipinski definition) is 0. The first-order valence-electron chi connectivity index (χ1n) is 12.0. The van der Waals surface area contributed by atoms with Gasteiger partial charge in [0.05, 0.1) is 5.56 Å². The van der Waals surface area contributed by atoms with E-state index in [1.165, 1.54) is 32.1 Å². The van der Waals surface area contributed by atoms with Gasteiger partial charge in [0.25, 0.3) is 0 Å². The minimum atomic E-state index is -5.25. The lowest BCUT2D eigenvalue weighted by Crippen LogP contribution is -2.16. The molecule has 0 heterocycles. The van der Waals surface area contributed by atoms with E-state index in [9.17, 15) is 30.7 Å². The van der Waals surface area contributed by atoms with Crippen LogP contribution in [-0.2, 0) is 12.6 Å². The predicted octanol–water partition coefficient (Wildman–Crippen LogP) is 9.49. The second-order valence-electron chi connectivity index (χ2n) is 9.76. The van der Waals surface area contributed by atoms with Crippen molar-refractivity contribution >= 4 is 0 Å². The highest BCUT2D eigenvalue weighted by Gasteiger charge is 2.38. The standard InChI is InChI=1S/C27H31F7/c1-3-16(2)4-5-17-6-8-18(9-7-17)10-11-19-12-21(28)25(22(29)13-19)20-14-23(30)26(24(31)15-20)27(32,33)34/h12-18H,3-11H2,1-2H3. The monoisotopic (exact) mass is 488 g/mol. The fourth-order valence-corrected chi connectivity index (χ4v) is 4.94. The molecule has 0 aliphatic heterocycles. The maximum absolute atomic E-state index is 14.7. The molecule has 188 valence electrons. The Bertz CT molecular complexity index is 925. The van der Waals surface area contributed by atoms with Gasteiger partial charge < -0.3 is 0 Å². The molecular weight excluding hydrogens is 457 g/mol. The van der Waals surface area contributed by atoms with Gasteiger partial charge in [-0.15, -0.1) is 0 Å². The average Bonchev–Trinajstić information content (AvgIpc) is 2.74. The van der Waals surface area contributed by atoms with E-state index >= 15 is 0 Å². The summed E-state index contributed by atoms with van der Waals surface area (Å²) >= 11 is 0. The van der Waals surface area contributed by atoms with Crippen molar-refractivity contribution in [1.29, 1.82) is 0 Å².